The van der Waals surface area contributed by atoms with Crippen LogP contribution in [0, 0.1) is 17.8 Å². The Kier molecular flexibility index (Phi) is 8.72. The molecule has 12 nitrogen and oxygen atoms in total. The van der Waals surface area contributed by atoms with Gasteiger partial charge in [-0.25, -0.2) is 4.98 Å². The van der Waals surface area contributed by atoms with Crippen molar-refractivity contribution in [1.82, 2.24) is 19.5 Å². The molecule has 0 aliphatic carbocycles. The van der Waals surface area contributed by atoms with Gasteiger partial charge in [-0.15, -0.1) is 0 Å². The van der Waals surface area contributed by atoms with Crippen molar-refractivity contribution in [2.45, 2.75) is 52.7 Å². The highest BCUT2D eigenvalue weighted by Gasteiger charge is 2.24. The fourth-order valence-corrected chi connectivity index (χ4v) is 2.81. The van der Waals surface area contributed by atoms with E-state index in [9.17, 15) is 14.4 Å². The lowest BCUT2D eigenvalue weighted by atomic mass is 10.0. The summed E-state index contributed by atoms with van der Waals surface area (Å²) in [5, 5.41) is 0. The standard InChI is InChI=1S/C20H33N7O5/c1-10(2)13(21)18(29)31-7-12(8-32-19(30)14(22)11(3)4)5-6-27-9-24-15-16(27)25-20(23)26-17(15)28/h9-14H,5-8,21-22H2,1-4H3,(H3,23,25,26,28)/t13-,14-/m0/s1. The van der Waals surface area contributed by atoms with Gasteiger partial charge in [0.25, 0.3) is 5.56 Å². The fraction of sp³-hybridized carbons (Fsp3) is 0.650. The van der Waals surface area contributed by atoms with Gasteiger partial charge in [-0.1, -0.05) is 27.7 Å². The molecule has 0 saturated carbocycles. The van der Waals surface area contributed by atoms with Gasteiger partial charge in [0, 0.05) is 12.5 Å². The summed E-state index contributed by atoms with van der Waals surface area (Å²) in [4.78, 5) is 46.9. The number of esters is 2. The lowest BCUT2D eigenvalue weighted by Gasteiger charge is -2.21. The summed E-state index contributed by atoms with van der Waals surface area (Å²) >= 11 is 0. The molecular formula is C20H33N7O5. The minimum absolute atomic E-state index is 0.00618. The topological polar surface area (TPSA) is 194 Å². The quantitative estimate of drug-likeness (QED) is 0.331. The lowest BCUT2D eigenvalue weighted by Crippen LogP contribution is -2.39. The molecule has 32 heavy (non-hydrogen) atoms. The molecule has 178 valence electrons. The van der Waals surface area contributed by atoms with Crippen LogP contribution in [0.5, 0.6) is 0 Å². The molecule has 0 radical (unpaired) electrons. The van der Waals surface area contributed by atoms with Crippen molar-refractivity contribution >= 4 is 29.1 Å². The van der Waals surface area contributed by atoms with E-state index in [4.69, 9.17) is 26.7 Å². The average Bonchev–Trinajstić information content (AvgIpc) is 3.14. The normalized spacial score (nSPS) is 13.7. The van der Waals surface area contributed by atoms with Crippen LogP contribution < -0.4 is 22.8 Å². The zero-order valence-corrected chi connectivity index (χ0v) is 18.9. The van der Waals surface area contributed by atoms with Gasteiger partial charge in [0.2, 0.25) is 5.95 Å². The molecule has 2 atom stereocenters. The molecule has 0 aliphatic rings. The van der Waals surface area contributed by atoms with E-state index in [0.717, 1.165) is 0 Å². The highest BCUT2D eigenvalue weighted by molar-refractivity contribution is 5.76. The number of carbonyl (C=O) groups is 2. The maximum atomic E-state index is 12.2. The van der Waals surface area contributed by atoms with E-state index >= 15 is 0 Å². The molecule has 2 heterocycles. The third kappa shape index (κ3) is 6.50. The molecule has 2 aromatic heterocycles. The van der Waals surface area contributed by atoms with Gasteiger partial charge in [0.1, 0.15) is 12.1 Å². The van der Waals surface area contributed by atoms with E-state index in [-0.39, 0.29) is 42.4 Å². The van der Waals surface area contributed by atoms with Crippen molar-refractivity contribution in [1.29, 1.82) is 0 Å². The Balaban J connectivity index is 2.09. The van der Waals surface area contributed by atoms with Crippen LogP contribution in [-0.2, 0) is 25.6 Å². The first-order valence-electron chi connectivity index (χ1n) is 10.6. The zero-order chi connectivity index (χ0) is 24.0. The van der Waals surface area contributed by atoms with E-state index in [2.05, 4.69) is 15.0 Å². The molecule has 0 spiro atoms. The van der Waals surface area contributed by atoms with Crippen LogP contribution in [0.4, 0.5) is 5.95 Å². The number of nitrogen functional groups attached to an aromatic ring is 1. The minimum atomic E-state index is -0.746. The first kappa shape index (κ1) is 25.3. The summed E-state index contributed by atoms with van der Waals surface area (Å²) < 4.78 is 12.4. The highest BCUT2D eigenvalue weighted by atomic mass is 16.5. The number of carbonyl (C=O) groups excluding carboxylic acids is 2. The van der Waals surface area contributed by atoms with Crippen LogP contribution in [-0.4, -0.2) is 56.8 Å². The fourth-order valence-electron chi connectivity index (χ4n) is 2.81. The van der Waals surface area contributed by atoms with Crippen molar-refractivity contribution in [3.63, 3.8) is 0 Å². The zero-order valence-electron chi connectivity index (χ0n) is 18.9. The monoisotopic (exact) mass is 451 g/mol. The number of H-pyrrole nitrogens is 1. The van der Waals surface area contributed by atoms with Gasteiger partial charge < -0.3 is 31.2 Å². The van der Waals surface area contributed by atoms with Crippen LogP contribution in [0.2, 0.25) is 0 Å². The Hall–Kier alpha value is -2.99. The highest BCUT2D eigenvalue weighted by Crippen LogP contribution is 2.14. The number of hydrogen-bond donors (Lipinski definition) is 4. The molecule has 0 aliphatic heterocycles. The van der Waals surface area contributed by atoms with Crippen molar-refractivity contribution in [2.75, 3.05) is 18.9 Å². The van der Waals surface area contributed by atoms with Gasteiger partial charge in [-0.05, 0) is 18.3 Å². The molecule has 0 bridgehead atoms. The smallest absolute Gasteiger partial charge is 0.323 e. The van der Waals surface area contributed by atoms with E-state index in [1.165, 1.54) is 6.33 Å². The second kappa shape index (κ2) is 11.0. The Morgan fingerprint density at radius 1 is 1.06 bits per heavy atom. The maximum absolute atomic E-state index is 12.2. The number of aryl methyl sites for hydroxylation is 1. The lowest BCUT2D eigenvalue weighted by molar-refractivity contribution is -0.152. The number of fused-ring (bicyclic) bond motifs is 1. The van der Waals surface area contributed by atoms with Crippen LogP contribution in [0.1, 0.15) is 34.1 Å². The Morgan fingerprint density at radius 3 is 2.09 bits per heavy atom. The van der Waals surface area contributed by atoms with Crippen LogP contribution in [0.15, 0.2) is 11.1 Å². The van der Waals surface area contributed by atoms with Gasteiger partial charge in [-0.2, -0.15) is 4.98 Å². The Bertz CT molecular complexity index is 954. The summed E-state index contributed by atoms with van der Waals surface area (Å²) in [5.41, 5.74) is 17.4. The van der Waals surface area contributed by atoms with Crippen molar-refractivity contribution in [3.05, 3.63) is 16.7 Å². The SMILES string of the molecule is CC(C)[C@H](N)C(=O)OCC(CCn1cnc2c(=O)[nH]c(N)nc21)COC(=O)[C@@H](N)C(C)C. The second-order valence-corrected chi connectivity index (χ2v) is 8.52. The molecule has 12 heteroatoms. The molecule has 0 fully saturated rings. The van der Waals surface area contributed by atoms with E-state index < -0.39 is 29.6 Å². The summed E-state index contributed by atoms with van der Waals surface area (Å²) in [6, 6.07) is -1.49. The van der Waals surface area contributed by atoms with Gasteiger partial charge in [-0.3, -0.25) is 19.4 Å². The summed E-state index contributed by atoms with van der Waals surface area (Å²) in [6.07, 6.45) is 1.92. The number of nitrogens with one attached hydrogen (secondary N) is 1. The van der Waals surface area contributed by atoms with Gasteiger partial charge in [0.15, 0.2) is 11.2 Å². The number of anilines is 1. The summed E-state index contributed by atoms with van der Waals surface area (Å²) in [5.74, 6) is -1.55. The van der Waals surface area contributed by atoms with Crippen molar-refractivity contribution < 1.29 is 19.1 Å². The molecule has 2 rings (SSSR count). The predicted octanol–water partition coefficient (Wildman–Crippen LogP) is -0.239. The molecular weight excluding hydrogens is 418 g/mol. The average molecular weight is 452 g/mol. The number of nitrogens with zero attached hydrogens (tertiary/aromatic N) is 3. The van der Waals surface area contributed by atoms with Crippen LogP contribution in [0.25, 0.3) is 11.2 Å². The number of hydrogen-bond acceptors (Lipinski definition) is 10. The van der Waals surface area contributed by atoms with E-state index in [1.54, 1.807) is 4.57 Å². The first-order valence-corrected chi connectivity index (χ1v) is 10.6. The Labute approximate surface area is 185 Å². The molecule has 0 saturated heterocycles. The Morgan fingerprint density at radius 2 is 1.59 bits per heavy atom. The molecule has 2 aromatic rings. The molecule has 7 N–H and O–H groups in total. The van der Waals surface area contributed by atoms with Crippen LogP contribution in [0.3, 0.4) is 0 Å². The number of nitrogens with two attached hydrogens (primary N) is 3. The summed E-state index contributed by atoms with van der Waals surface area (Å²) in [7, 11) is 0. The number of imidazole rings is 1. The molecule has 0 unspecified atom stereocenters. The third-order valence-corrected chi connectivity index (χ3v) is 5.17. The minimum Gasteiger partial charge on any atom is -0.464 e. The van der Waals surface area contributed by atoms with Crippen molar-refractivity contribution in [3.8, 4) is 0 Å². The number of rotatable bonds is 11. The van der Waals surface area contributed by atoms with E-state index in [1.807, 2.05) is 27.7 Å². The predicted molar refractivity (Wildman–Crippen MR) is 118 cm³/mol. The summed E-state index contributed by atoms with van der Waals surface area (Å²) in [6.45, 7) is 7.68. The van der Waals surface area contributed by atoms with E-state index in [0.29, 0.717) is 18.6 Å². The number of ether oxygens (including phenoxy) is 2. The van der Waals surface area contributed by atoms with Gasteiger partial charge in [0.05, 0.1) is 19.5 Å². The number of aromatic nitrogens is 4. The second-order valence-electron chi connectivity index (χ2n) is 8.52. The number of aromatic amines is 1. The molecule has 0 aromatic carbocycles. The third-order valence-electron chi connectivity index (χ3n) is 5.17. The van der Waals surface area contributed by atoms with Gasteiger partial charge >= 0.3 is 11.9 Å². The first-order chi connectivity index (χ1) is 15.0. The maximum Gasteiger partial charge on any atom is 0.323 e. The van der Waals surface area contributed by atoms with Crippen molar-refractivity contribution in [2.24, 2.45) is 29.2 Å². The largest absolute Gasteiger partial charge is 0.464 e. The molecule has 0 amide bonds. The van der Waals surface area contributed by atoms with Crippen LogP contribution >= 0.6 is 0 Å².